The highest BCUT2D eigenvalue weighted by molar-refractivity contribution is 6.86. The molecule has 0 saturated carbocycles. The van der Waals surface area contributed by atoms with E-state index in [9.17, 15) is 0 Å². The van der Waals surface area contributed by atoms with Crippen molar-refractivity contribution in [1.29, 1.82) is 0 Å². The first kappa shape index (κ1) is 13.5. The van der Waals surface area contributed by atoms with Gasteiger partial charge in [-0.1, -0.05) is 63.4 Å². The molecule has 1 nitrogen and oxygen atoms in total. The van der Waals surface area contributed by atoms with Crippen LogP contribution in [0.2, 0.25) is 12.1 Å². The Bertz CT molecular complexity index is 286. The molecule has 0 N–H and O–H groups in total. The van der Waals surface area contributed by atoms with Crippen LogP contribution in [-0.4, -0.2) is 15.4 Å². The second-order valence-electron chi connectivity index (χ2n) is 4.42. The van der Waals surface area contributed by atoms with E-state index in [1.807, 2.05) is 7.11 Å². The van der Waals surface area contributed by atoms with Crippen molar-refractivity contribution in [3.8, 4) is 0 Å². The van der Waals surface area contributed by atoms with Crippen molar-refractivity contribution in [3.63, 3.8) is 0 Å². The molecule has 1 unspecified atom stereocenters. The van der Waals surface area contributed by atoms with E-state index in [2.05, 4.69) is 44.2 Å². The maximum absolute atomic E-state index is 6.01. The average Bonchev–Trinajstić information content (AvgIpc) is 2.36. The van der Waals surface area contributed by atoms with Gasteiger partial charge >= 0.3 is 0 Å². The minimum Gasteiger partial charge on any atom is -0.415 e. The Balaban J connectivity index is 2.92. The highest BCUT2D eigenvalue weighted by Gasteiger charge is 2.34. The monoisotopic (exact) mass is 236 g/mol. The number of benzene rings is 1. The maximum atomic E-state index is 6.01. The van der Waals surface area contributed by atoms with E-state index in [1.54, 1.807) is 0 Å². The van der Waals surface area contributed by atoms with E-state index in [4.69, 9.17) is 4.43 Å². The molecule has 0 aliphatic rings. The molecule has 1 aromatic rings. The summed E-state index contributed by atoms with van der Waals surface area (Å²) in [5.41, 5.74) is 0. The molecule has 0 fully saturated rings. The molecule has 0 radical (unpaired) electrons. The maximum Gasteiger partial charge on any atom is 0.223 e. The van der Waals surface area contributed by atoms with Crippen molar-refractivity contribution in [2.45, 2.75) is 45.2 Å². The summed E-state index contributed by atoms with van der Waals surface area (Å²) in [6.07, 6.45) is 3.77. The standard InChI is InChI=1S/C14H24OSi/c1-4-6-13-16(15-3,12-5-2)14-10-8-7-9-11-14/h7-11H,4-6,12-13H2,1-3H3. The highest BCUT2D eigenvalue weighted by Crippen LogP contribution is 2.21. The van der Waals surface area contributed by atoms with E-state index in [0.29, 0.717) is 0 Å². The van der Waals surface area contributed by atoms with Crippen LogP contribution < -0.4 is 5.19 Å². The van der Waals surface area contributed by atoms with Gasteiger partial charge in [-0.3, -0.25) is 0 Å². The van der Waals surface area contributed by atoms with Crippen molar-refractivity contribution < 1.29 is 4.43 Å². The van der Waals surface area contributed by atoms with Crippen molar-refractivity contribution in [2.75, 3.05) is 7.11 Å². The second kappa shape index (κ2) is 6.87. The number of rotatable bonds is 7. The number of hydrogen-bond donors (Lipinski definition) is 0. The zero-order valence-electron chi connectivity index (χ0n) is 10.8. The van der Waals surface area contributed by atoms with Gasteiger partial charge in [0, 0.05) is 7.11 Å². The van der Waals surface area contributed by atoms with E-state index in [-0.39, 0.29) is 0 Å². The molecular formula is C14H24OSi. The topological polar surface area (TPSA) is 9.23 Å². The van der Waals surface area contributed by atoms with Crippen LogP contribution in [0.3, 0.4) is 0 Å². The fraction of sp³-hybridized carbons (Fsp3) is 0.571. The van der Waals surface area contributed by atoms with E-state index in [0.717, 1.165) is 0 Å². The third-order valence-corrected chi connectivity index (χ3v) is 7.91. The summed E-state index contributed by atoms with van der Waals surface area (Å²) in [5, 5.41) is 1.47. The highest BCUT2D eigenvalue weighted by atomic mass is 28.4. The fourth-order valence-corrected chi connectivity index (χ4v) is 6.35. The van der Waals surface area contributed by atoms with Gasteiger partial charge in [0.05, 0.1) is 0 Å². The normalized spacial score (nSPS) is 14.7. The average molecular weight is 236 g/mol. The first-order valence-electron chi connectivity index (χ1n) is 6.39. The Labute approximate surface area is 101 Å². The summed E-state index contributed by atoms with van der Waals surface area (Å²) in [6, 6.07) is 13.4. The SMILES string of the molecule is CCCC[Si](CCC)(OC)c1ccccc1. The molecule has 0 aliphatic heterocycles. The van der Waals surface area contributed by atoms with Crippen LogP contribution in [0, 0.1) is 0 Å². The van der Waals surface area contributed by atoms with E-state index >= 15 is 0 Å². The van der Waals surface area contributed by atoms with Crippen molar-refractivity contribution in [1.82, 2.24) is 0 Å². The Morgan fingerprint density at radius 3 is 2.19 bits per heavy atom. The Hall–Kier alpha value is -0.603. The molecule has 0 spiro atoms. The largest absolute Gasteiger partial charge is 0.415 e. The van der Waals surface area contributed by atoms with Gasteiger partial charge in [0.2, 0.25) is 8.32 Å². The molecule has 0 amide bonds. The molecule has 0 bridgehead atoms. The van der Waals surface area contributed by atoms with Crippen LogP contribution in [-0.2, 0) is 4.43 Å². The number of unbranched alkanes of at least 4 members (excludes halogenated alkanes) is 1. The molecule has 0 heterocycles. The van der Waals surface area contributed by atoms with Gasteiger partial charge in [0.25, 0.3) is 0 Å². The van der Waals surface area contributed by atoms with Gasteiger partial charge < -0.3 is 4.43 Å². The van der Waals surface area contributed by atoms with Crippen LogP contribution in [0.25, 0.3) is 0 Å². The molecule has 0 aliphatic carbocycles. The molecule has 1 aromatic carbocycles. The zero-order valence-corrected chi connectivity index (χ0v) is 11.8. The van der Waals surface area contributed by atoms with Crippen molar-refractivity contribution in [3.05, 3.63) is 30.3 Å². The summed E-state index contributed by atoms with van der Waals surface area (Å²) in [7, 11) is 0.241. The van der Waals surface area contributed by atoms with Gasteiger partial charge in [-0.05, 0) is 17.3 Å². The van der Waals surface area contributed by atoms with E-state index < -0.39 is 8.32 Å². The summed E-state index contributed by atoms with van der Waals surface area (Å²) >= 11 is 0. The van der Waals surface area contributed by atoms with Gasteiger partial charge in [-0.25, -0.2) is 0 Å². The summed E-state index contributed by atoms with van der Waals surface area (Å²) in [4.78, 5) is 0. The van der Waals surface area contributed by atoms with Crippen LogP contribution >= 0.6 is 0 Å². The van der Waals surface area contributed by atoms with Gasteiger partial charge in [-0.2, -0.15) is 0 Å². The Kier molecular flexibility index (Phi) is 5.78. The molecular weight excluding hydrogens is 212 g/mol. The Morgan fingerprint density at radius 2 is 1.69 bits per heavy atom. The lowest BCUT2D eigenvalue weighted by Crippen LogP contribution is -2.49. The van der Waals surface area contributed by atoms with Gasteiger partial charge in [0.15, 0.2) is 0 Å². The van der Waals surface area contributed by atoms with Crippen LogP contribution in [0.4, 0.5) is 0 Å². The lowest BCUT2D eigenvalue weighted by atomic mass is 10.4. The Morgan fingerprint density at radius 1 is 1.00 bits per heavy atom. The minimum atomic E-state index is -1.67. The first-order chi connectivity index (χ1) is 7.79. The van der Waals surface area contributed by atoms with E-state index in [1.165, 1.54) is 36.5 Å². The predicted octanol–water partition coefficient (Wildman–Crippen LogP) is 3.70. The lowest BCUT2D eigenvalue weighted by molar-refractivity contribution is 0.399. The molecule has 90 valence electrons. The molecule has 2 heteroatoms. The van der Waals surface area contributed by atoms with Crippen LogP contribution in [0.15, 0.2) is 30.3 Å². The third kappa shape index (κ3) is 3.19. The second-order valence-corrected chi connectivity index (χ2v) is 8.39. The molecule has 1 rings (SSSR count). The van der Waals surface area contributed by atoms with Crippen molar-refractivity contribution >= 4 is 13.5 Å². The molecule has 1 atom stereocenters. The summed E-state index contributed by atoms with van der Waals surface area (Å²) < 4.78 is 6.01. The van der Waals surface area contributed by atoms with Gasteiger partial charge in [-0.15, -0.1) is 0 Å². The first-order valence-corrected chi connectivity index (χ1v) is 8.72. The molecule has 0 aromatic heterocycles. The zero-order chi connectivity index (χ0) is 11.9. The van der Waals surface area contributed by atoms with Crippen molar-refractivity contribution in [2.24, 2.45) is 0 Å². The molecule has 0 saturated heterocycles. The molecule has 16 heavy (non-hydrogen) atoms. The smallest absolute Gasteiger partial charge is 0.223 e. The van der Waals surface area contributed by atoms with Crippen LogP contribution in [0.1, 0.15) is 33.1 Å². The number of hydrogen-bond acceptors (Lipinski definition) is 1. The summed E-state index contributed by atoms with van der Waals surface area (Å²) in [6.45, 7) is 4.52. The minimum absolute atomic E-state index is 1.22. The van der Waals surface area contributed by atoms with Gasteiger partial charge in [0.1, 0.15) is 0 Å². The fourth-order valence-electron chi connectivity index (χ4n) is 2.34. The third-order valence-electron chi connectivity index (χ3n) is 3.28. The lowest BCUT2D eigenvalue weighted by Gasteiger charge is -2.30. The van der Waals surface area contributed by atoms with Crippen LogP contribution in [0.5, 0.6) is 0 Å². The predicted molar refractivity (Wildman–Crippen MR) is 73.7 cm³/mol. The summed E-state index contributed by atoms with van der Waals surface area (Å²) in [5.74, 6) is 0. The quantitative estimate of drug-likeness (QED) is 0.656.